The van der Waals surface area contributed by atoms with E-state index < -0.39 is 22.8 Å². The number of fused-ring (bicyclic) bond motifs is 1. The van der Waals surface area contributed by atoms with Crippen molar-refractivity contribution in [2.75, 3.05) is 13.1 Å². The van der Waals surface area contributed by atoms with E-state index in [1.54, 1.807) is 4.90 Å². The summed E-state index contributed by atoms with van der Waals surface area (Å²) in [6.07, 6.45) is 0.485. The Kier molecular flexibility index (Phi) is 3.16. The molecule has 0 aliphatic carbocycles. The van der Waals surface area contributed by atoms with Crippen LogP contribution in [0.4, 0.5) is 5.69 Å². The largest absolute Gasteiger partial charge is 0.341 e. The van der Waals surface area contributed by atoms with Crippen LogP contribution in [0.3, 0.4) is 0 Å². The quantitative estimate of drug-likeness (QED) is 0.457. The second-order valence-corrected chi connectivity index (χ2v) is 5.34. The lowest BCUT2D eigenvalue weighted by Crippen LogP contribution is -2.42. The Hall–Kier alpha value is -2.77. The van der Waals surface area contributed by atoms with Gasteiger partial charge in [-0.15, -0.1) is 0 Å². The monoisotopic (exact) mass is 303 g/mol. The first-order valence-electron chi connectivity index (χ1n) is 6.82. The summed E-state index contributed by atoms with van der Waals surface area (Å²) >= 11 is 0. The lowest BCUT2D eigenvalue weighted by Gasteiger charge is -2.22. The van der Waals surface area contributed by atoms with Crippen LogP contribution in [0.15, 0.2) is 18.2 Å². The molecule has 1 aromatic rings. The molecule has 2 aliphatic rings. The molecule has 22 heavy (non-hydrogen) atoms. The lowest BCUT2D eigenvalue weighted by molar-refractivity contribution is -0.385. The molecular weight excluding hydrogens is 290 g/mol. The number of nitro benzene ring substituents is 1. The molecule has 114 valence electrons. The molecule has 1 fully saturated rings. The molecule has 0 radical (unpaired) electrons. The molecule has 1 aromatic carbocycles. The van der Waals surface area contributed by atoms with Gasteiger partial charge in [-0.05, 0) is 12.5 Å². The van der Waals surface area contributed by atoms with E-state index in [0.717, 1.165) is 4.90 Å². The van der Waals surface area contributed by atoms with E-state index in [4.69, 9.17) is 0 Å². The Balaban J connectivity index is 1.96. The van der Waals surface area contributed by atoms with E-state index in [2.05, 4.69) is 0 Å². The van der Waals surface area contributed by atoms with Crippen LogP contribution in [0.2, 0.25) is 0 Å². The molecule has 0 bridgehead atoms. The SMILES string of the molecule is CC(=O)N1CC[C@@H](N2C(=O)c3cccc([N+](=O)[O-])c3C2=O)C1. The highest BCUT2D eigenvalue weighted by atomic mass is 16.6. The normalized spacial score (nSPS) is 20.5. The first-order chi connectivity index (χ1) is 10.4. The Bertz CT molecular complexity index is 714. The van der Waals surface area contributed by atoms with Gasteiger partial charge in [0.05, 0.1) is 16.5 Å². The van der Waals surface area contributed by atoms with Gasteiger partial charge in [0.15, 0.2) is 0 Å². The topological polar surface area (TPSA) is 101 Å². The highest BCUT2D eigenvalue weighted by Gasteiger charge is 2.45. The average Bonchev–Trinajstić information content (AvgIpc) is 3.04. The zero-order valence-corrected chi connectivity index (χ0v) is 11.8. The van der Waals surface area contributed by atoms with Crippen LogP contribution in [-0.2, 0) is 4.79 Å². The van der Waals surface area contributed by atoms with Crippen LogP contribution in [0.5, 0.6) is 0 Å². The van der Waals surface area contributed by atoms with Gasteiger partial charge >= 0.3 is 0 Å². The van der Waals surface area contributed by atoms with Crippen LogP contribution in [-0.4, -0.2) is 51.6 Å². The third kappa shape index (κ3) is 1.95. The highest BCUT2D eigenvalue weighted by Crippen LogP contribution is 2.33. The van der Waals surface area contributed by atoms with E-state index in [0.29, 0.717) is 13.0 Å². The van der Waals surface area contributed by atoms with Crippen LogP contribution in [0, 0.1) is 10.1 Å². The van der Waals surface area contributed by atoms with Crippen molar-refractivity contribution in [2.24, 2.45) is 0 Å². The summed E-state index contributed by atoms with van der Waals surface area (Å²) in [5.74, 6) is -1.30. The highest BCUT2D eigenvalue weighted by molar-refractivity contribution is 6.23. The average molecular weight is 303 g/mol. The molecule has 0 spiro atoms. The zero-order chi connectivity index (χ0) is 16.0. The number of amides is 3. The van der Waals surface area contributed by atoms with Crippen LogP contribution in [0.1, 0.15) is 34.1 Å². The summed E-state index contributed by atoms with van der Waals surface area (Å²) in [4.78, 5) is 49.3. The molecule has 0 saturated carbocycles. The van der Waals surface area contributed by atoms with Crippen molar-refractivity contribution in [2.45, 2.75) is 19.4 Å². The molecule has 8 nitrogen and oxygen atoms in total. The number of carbonyl (C=O) groups excluding carboxylic acids is 3. The van der Waals surface area contributed by atoms with Crippen LogP contribution >= 0.6 is 0 Å². The standard InChI is InChI=1S/C14H13N3O5/c1-8(18)15-6-5-9(7-15)16-13(19)10-3-2-4-11(17(21)22)12(10)14(16)20/h2-4,9H,5-7H2,1H3/t9-/m1/s1. The van der Waals surface area contributed by atoms with Gasteiger partial charge in [-0.2, -0.15) is 0 Å². The minimum atomic E-state index is -0.663. The number of hydrogen-bond acceptors (Lipinski definition) is 5. The number of hydrogen-bond donors (Lipinski definition) is 0. The van der Waals surface area contributed by atoms with E-state index in [1.165, 1.54) is 25.1 Å². The van der Waals surface area contributed by atoms with Gasteiger partial charge in [-0.3, -0.25) is 29.4 Å². The lowest BCUT2D eigenvalue weighted by atomic mass is 10.1. The number of rotatable bonds is 2. The Morgan fingerprint density at radius 2 is 2.05 bits per heavy atom. The molecule has 0 N–H and O–H groups in total. The van der Waals surface area contributed by atoms with Gasteiger partial charge < -0.3 is 4.90 Å². The molecule has 8 heteroatoms. The number of likely N-dealkylation sites (tertiary alicyclic amines) is 1. The molecule has 0 unspecified atom stereocenters. The molecule has 1 saturated heterocycles. The number of imide groups is 1. The van der Waals surface area contributed by atoms with Crippen molar-refractivity contribution in [3.63, 3.8) is 0 Å². The third-order valence-electron chi connectivity index (χ3n) is 4.09. The van der Waals surface area contributed by atoms with E-state index >= 15 is 0 Å². The van der Waals surface area contributed by atoms with Gasteiger partial charge in [-0.25, -0.2) is 0 Å². The zero-order valence-electron chi connectivity index (χ0n) is 11.8. The Morgan fingerprint density at radius 1 is 1.32 bits per heavy atom. The van der Waals surface area contributed by atoms with Crippen LogP contribution in [0.25, 0.3) is 0 Å². The van der Waals surface area contributed by atoms with E-state index in [-0.39, 0.29) is 29.3 Å². The molecule has 2 aliphatic heterocycles. The Labute approximate surface area is 125 Å². The molecule has 3 rings (SSSR count). The van der Waals surface area contributed by atoms with Crippen molar-refractivity contribution >= 4 is 23.4 Å². The van der Waals surface area contributed by atoms with Gasteiger partial charge in [0.2, 0.25) is 5.91 Å². The minimum Gasteiger partial charge on any atom is -0.341 e. The Morgan fingerprint density at radius 3 is 2.64 bits per heavy atom. The maximum absolute atomic E-state index is 12.5. The number of nitro groups is 1. The summed E-state index contributed by atoms with van der Waals surface area (Å²) in [7, 11) is 0. The summed E-state index contributed by atoms with van der Waals surface area (Å²) in [5, 5.41) is 11.1. The second-order valence-electron chi connectivity index (χ2n) is 5.34. The van der Waals surface area contributed by atoms with Crippen molar-refractivity contribution in [3.05, 3.63) is 39.4 Å². The van der Waals surface area contributed by atoms with Crippen molar-refractivity contribution in [1.29, 1.82) is 0 Å². The van der Waals surface area contributed by atoms with E-state index in [9.17, 15) is 24.5 Å². The molecule has 1 atom stereocenters. The maximum Gasteiger partial charge on any atom is 0.282 e. The van der Waals surface area contributed by atoms with Crippen LogP contribution < -0.4 is 0 Å². The third-order valence-corrected chi connectivity index (χ3v) is 4.09. The van der Waals surface area contributed by atoms with Gasteiger partial charge in [0, 0.05) is 26.1 Å². The molecule has 3 amide bonds. The smallest absolute Gasteiger partial charge is 0.282 e. The van der Waals surface area contributed by atoms with Gasteiger partial charge in [0.25, 0.3) is 17.5 Å². The van der Waals surface area contributed by atoms with Crippen molar-refractivity contribution < 1.29 is 19.3 Å². The summed E-state index contributed by atoms with van der Waals surface area (Å²) < 4.78 is 0. The predicted molar refractivity (Wildman–Crippen MR) is 74.3 cm³/mol. The van der Waals surface area contributed by atoms with Crippen molar-refractivity contribution in [3.8, 4) is 0 Å². The fourth-order valence-corrected chi connectivity index (χ4v) is 3.01. The van der Waals surface area contributed by atoms with Crippen molar-refractivity contribution in [1.82, 2.24) is 9.80 Å². The number of nitrogens with zero attached hydrogens (tertiary/aromatic N) is 3. The van der Waals surface area contributed by atoms with E-state index in [1.807, 2.05) is 0 Å². The fraction of sp³-hybridized carbons (Fsp3) is 0.357. The molecule has 0 aromatic heterocycles. The minimum absolute atomic E-state index is 0.0560. The fourth-order valence-electron chi connectivity index (χ4n) is 3.01. The molecular formula is C14H13N3O5. The molecule has 2 heterocycles. The van der Waals surface area contributed by atoms with Gasteiger partial charge in [-0.1, -0.05) is 6.07 Å². The summed E-state index contributed by atoms with van der Waals surface area (Å²) in [6, 6.07) is 3.59. The van der Waals surface area contributed by atoms with Gasteiger partial charge in [0.1, 0.15) is 5.56 Å². The second kappa shape index (κ2) is 4.90. The number of carbonyl (C=O) groups is 3. The summed E-state index contributed by atoms with van der Waals surface area (Å²) in [6.45, 7) is 2.17. The first kappa shape index (κ1) is 14.2. The predicted octanol–water partition coefficient (Wildman–Crippen LogP) is 0.812. The summed E-state index contributed by atoms with van der Waals surface area (Å²) in [5.41, 5.74) is -0.459. The first-order valence-corrected chi connectivity index (χ1v) is 6.82. The number of benzene rings is 1. The maximum atomic E-state index is 12.5.